The molecule has 0 fully saturated rings. The molecule has 0 bridgehead atoms. The Morgan fingerprint density at radius 3 is 2.84 bits per heavy atom. The van der Waals surface area contributed by atoms with Crippen molar-refractivity contribution >= 4 is 17.3 Å². The van der Waals surface area contributed by atoms with Crippen LogP contribution in [0.2, 0.25) is 0 Å². The van der Waals surface area contributed by atoms with E-state index in [1.54, 1.807) is 30.5 Å². The van der Waals surface area contributed by atoms with E-state index < -0.39 is 4.92 Å². The number of pyridine rings is 1. The number of hydrogen-bond acceptors (Lipinski definition) is 6. The van der Waals surface area contributed by atoms with E-state index in [4.69, 9.17) is 4.74 Å². The molecule has 2 N–H and O–H groups in total. The van der Waals surface area contributed by atoms with Gasteiger partial charge in [-0.15, -0.1) is 0 Å². The third kappa shape index (κ3) is 5.45. The molecule has 0 aliphatic heterocycles. The molecule has 1 amide bonds. The van der Waals surface area contributed by atoms with Gasteiger partial charge in [0.15, 0.2) is 0 Å². The normalized spacial score (nSPS) is 10.1. The first-order valence-corrected chi connectivity index (χ1v) is 7.92. The molecule has 0 radical (unpaired) electrons. The molecular weight excluding hydrogens is 324 g/mol. The highest BCUT2D eigenvalue weighted by atomic mass is 16.6. The predicted octanol–water partition coefficient (Wildman–Crippen LogP) is 2.51. The second-order valence-corrected chi connectivity index (χ2v) is 5.13. The molecule has 0 aliphatic rings. The highest BCUT2D eigenvalue weighted by Gasteiger charge is 2.12. The van der Waals surface area contributed by atoms with Gasteiger partial charge < -0.3 is 15.4 Å². The summed E-state index contributed by atoms with van der Waals surface area (Å²) in [6, 6.07) is 9.94. The number of nitro benzene ring substituents is 1. The quantitative estimate of drug-likeness (QED) is 0.535. The Labute approximate surface area is 145 Å². The summed E-state index contributed by atoms with van der Waals surface area (Å²) in [5.41, 5.74) is 1.18. The summed E-state index contributed by atoms with van der Waals surface area (Å²) in [5.74, 6) is 0.334. The number of benzene rings is 1. The number of rotatable bonds is 9. The van der Waals surface area contributed by atoms with Crippen LogP contribution in [0.3, 0.4) is 0 Å². The van der Waals surface area contributed by atoms with E-state index >= 15 is 0 Å². The van der Waals surface area contributed by atoms with Crippen LogP contribution < -0.4 is 15.4 Å². The minimum Gasteiger partial charge on any atom is -0.478 e. The number of carbonyl (C=O) groups excluding carboxylic acids is 1. The van der Waals surface area contributed by atoms with Gasteiger partial charge in [0.1, 0.15) is 5.69 Å². The topological polar surface area (TPSA) is 106 Å². The van der Waals surface area contributed by atoms with Gasteiger partial charge in [-0.05, 0) is 19.1 Å². The van der Waals surface area contributed by atoms with Gasteiger partial charge >= 0.3 is 0 Å². The number of para-hydroxylation sites is 2. The van der Waals surface area contributed by atoms with Crippen LogP contribution in [0.25, 0.3) is 0 Å². The third-order valence-corrected chi connectivity index (χ3v) is 3.38. The number of nitro groups is 1. The van der Waals surface area contributed by atoms with E-state index in [1.807, 2.05) is 13.0 Å². The molecule has 0 spiro atoms. The van der Waals surface area contributed by atoms with Gasteiger partial charge in [-0.3, -0.25) is 14.9 Å². The maximum Gasteiger partial charge on any atom is 0.292 e. The molecule has 0 aliphatic carbocycles. The smallest absolute Gasteiger partial charge is 0.292 e. The number of amides is 1. The highest BCUT2D eigenvalue weighted by Crippen LogP contribution is 2.22. The van der Waals surface area contributed by atoms with E-state index in [-0.39, 0.29) is 18.0 Å². The fourth-order valence-electron chi connectivity index (χ4n) is 2.20. The van der Waals surface area contributed by atoms with Crippen molar-refractivity contribution in [2.24, 2.45) is 0 Å². The molecule has 8 nitrogen and oxygen atoms in total. The number of aromatic nitrogens is 1. The summed E-state index contributed by atoms with van der Waals surface area (Å²) in [7, 11) is 0. The van der Waals surface area contributed by atoms with Crippen molar-refractivity contribution < 1.29 is 14.5 Å². The number of hydrogen-bond donors (Lipinski definition) is 2. The fourth-order valence-corrected chi connectivity index (χ4v) is 2.20. The first kappa shape index (κ1) is 18.2. The summed E-state index contributed by atoms with van der Waals surface area (Å²) in [4.78, 5) is 26.5. The number of anilines is 1. The largest absolute Gasteiger partial charge is 0.478 e. The van der Waals surface area contributed by atoms with E-state index in [9.17, 15) is 14.9 Å². The molecule has 0 saturated carbocycles. The van der Waals surface area contributed by atoms with Gasteiger partial charge in [-0.25, -0.2) is 4.98 Å². The minimum absolute atomic E-state index is 0.0142. The molecule has 25 heavy (non-hydrogen) atoms. The number of nitrogens with one attached hydrogen (secondary N) is 2. The zero-order valence-electron chi connectivity index (χ0n) is 13.9. The minimum atomic E-state index is -0.458. The standard InChI is InChI=1S/C17H20N4O4/c1-2-25-17-13(6-5-10-19-17)12-20-16(22)9-11-18-14-7-3-4-8-15(14)21(23)24/h3-8,10,18H,2,9,11-12H2,1H3,(H,20,22). The molecule has 132 valence electrons. The van der Waals surface area contributed by atoms with Crippen LogP contribution in [0.1, 0.15) is 18.9 Å². The molecule has 1 heterocycles. The van der Waals surface area contributed by atoms with E-state index in [0.717, 1.165) is 5.56 Å². The first-order valence-electron chi connectivity index (χ1n) is 7.92. The molecule has 1 aromatic carbocycles. The number of nitrogens with zero attached hydrogens (tertiary/aromatic N) is 2. The van der Waals surface area contributed by atoms with Crippen LogP contribution in [0.5, 0.6) is 5.88 Å². The summed E-state index contributed by atoms with van der Waals surface area (Å²) in [6.45, 7) is 2.97. The van der Waals surface area contributed by atoms with Crippen LogP contribution >= 0.6 is 0 Å². The van der Waals surface area contributed by atoms with Gasteiger partial charge in [0.25, 0.3) is 5.69 Å². The Morgan fingerprint density at radius 2 is 2.08 bits per heavy atom. The Bertz CT molecular complexity index is 736. The van der Waals surface area contributed by atoms with Crippen molar-refractivity contribution in [2.75, 3.05) is 18.5 Å². The summed E-state index contributed by atoms with van der Waals surface area (Å²) in [6.07, 6.45) is 1.82. The van der Waals surface area contributed by atoms with Crippen molar-refractivity contribution in [3.63, 3.8) is 0 Å². The second-order valence-electron chi connectivity index (χ2n) is 5.13. The lowest BCUT2D eigenvalue weighted by molar-refractivity contribution is -0.384. The lowest BCUT2D eigenvalue weighted by atomic mass is 10.2. The van der Waals surface area contributed by atoms with E-state index in [2.05, 4.69) is 15.6 Å². The first-order chi connectivity index (χ1) is 12.1. The Morgan fingerprint density at radius 1 is 1.28 bits per heavy atom. The van der Waals surface area contributed by atoms with Gasteiger partial charge in [0.05, 0.1) is 11.5 Å². The van der Waals surface area contributed by atoms with Crippen LogP contribution in [-0.2, 0) is 11.3 Å². The van der Waals surface area contributed by atoms with Crippen LogP contribution in [-0.4, -0.2) is 29.0 Å². The SMILES string of the molecule is CCOc1ncccc1CNC(=O)CCNc1ccccc1[N+](=O)[O-]. The monoisotopic (exact) mass is 344 g/mol. The lowest BCUT2D eigenvalue weighted by Gasteiger charge is -2.10. The zero-order valence-corrected chi connectivity index (χ0v) is 13.9. The molecule has 2 rings (SSSR count). The van der Waals surface area contributed by atoms with E-state index in [0.29, 0.717) is 31.3 Å². The second kappa shape index (κ2) is 9.21. The molecule has 0 unspecified atom stereocenters. The van der Waals surface area contributed by atoms with Crippen molar-refractivity contribution in [3.05, 3.63) is 58.3 Å². The fraction of sp³-hybridized carbons (Fsp3) is 0.294. The average molecular weight is 344 g/mol. The van der Waals surface area contributed by atoms with E-state index in [1.165, 1.54) is 6.07 Å². The molecule has 8 heteroatoms. The summed E-state index contributed by atoms with van der Waals surface area (Å²) < 4.78 is 5.41. The van der Waals surface area contributed by atoms with Crippen molar-refractivity contribution in [2.45, 2.75) is 19.9 Å². The van der Waals surface area contributed by atoms with Gasteiger partial charge in [0.2, 0.25) is 11.8 Å². The molecule has 0 saturated heterocycles. The number of carbonyl (C=O) groups is 1. The van der Waals surface area contributed by atoms with Crippen LogP contribution in [0.15, 0.2) is 42.6 Å². The molecule has 2 aromatic rings. The van der Waals surface area contributed by atoms with Gasteiger partial charge in [0, 0.05) is 37.3 Å². The third-order valence-electron chi connectivity index (χ3n) is 3.38. The highest BCUT2D eigenvalue weighted by molar-refractivity contribution is 5.76. The van der Waals surface area contributed by atoms with Crippen molar-refractivity contribution in [1.29, 1.82) is 0 Å². The average Bonchev–Trinajstić information content (AvgIpc) is 2.61. The summed E-state index contributed by atoms with van der Waals surface area (Å²) >= 11 is 0. The lowest BCUT2D eigenvalue weighted by Crippen LogP contribution is -2.25. The zero-order chi connectivity index (χ0) is 18.1. The van der Waals surface area contributed by atoms with Crippen molar-refractivity contribution in [1.82, 2.24) is 10.3 Å². The number of ether oxygens (including phenoxy) is 1. The Hall–Kier alpha value is -3.16. The maximum absolute atomic E-state index is 11.9. The predicted molar refractivity (Wildman–Crippen MR) is 93.5 cm³/mol. The maximum atomic E-state index is 11.9. The Balaban J connectivity index is 1.81. The molecular formula is C17H20N4O4. The van der Waals surface area contributed by atoms with Gasteiger partial charge in [-0.2, -0.15) is 0 Å². The van der Waals surface area contributed by atoms with Crippen LogP contribution in [0.4, 0.5) is 11.4 Å². The molecule has 0 atom stereocenters. The van der Waals surface area contributed by atoms with Crippen molar-refractivity contribution in [3.8, 4) is 5.88 Å². The molecule has 1 aromatic heterocycles. The Kier molecular flexibility index (Phi) is 6.70. The summed E-state index contributed by atoms with van der Waals surface area (Å²) in [5, 5.41) is 16.6. The van der Waals surface area contributed by atoms with Gasteiger partial charge in [-0.1, -0.05) is 18.2 Å². The van der Waals surface area contributed by atoms with Crippen LogP contribution in [0, 0.1) is 10.1 Å².